The Hall–Kier alpha value is -1.77. The molecule has 8 heteroatoms. The zero-order valence-electron chi connectivity index (χ0n) is 11.1. The maximum atomic E-state index is 13.4. The quantitative estimate of drug-likeness (QED) is 0.914. The molecule has 0 saturated carbocycles. The number of nitrogens with zero attached hydrogens (tertiary/aromatic N) is 1. The lowest BCUT2D eigenvalue weighted by Crippen LogP contribution is -2.34. The third-order valence-electron chi connectivity index (χ3n) is 2.67. The third-order valence-corrected chi connectivity index (χ3v) is 5.85. The Balaban J connectivity index is 2.05. The second kappa shape index (κ2) is 6.33. The standard InChI is InChI=1S/C13H13FN2O3S2/c1-16(21(18,19)13-7-4-8-20-13)9-12(17)15-11-6-3-2-5-10(11)14/h2-8H,9H2,1H3,(H,15,17). The summed E-state index contributed by atoms with van der Waals surface area (Å²) in [4.78, 5) is 11.8. The molecule has 5 nitrogen and oxygen atoms in total. The van der Waals surface area contributed by atoms with E-state index in [0.29, 0.717) is 0 Å². The van der Waals surface area contributed by atoms with Gasteiger partial charge in [0.05, 0.1) is 12.2 Å². The number of thiophene rings is 1. The molecule has 0 atom stereocenters. The minimum absolute atomic E-state index is 0.0180. The molecule has 0 aliphatic carbocycles. The first-order valence-corrected chi connectivity index (χ1v) is 8.27. The molecule has 0 saturated heterocycles. The van der Waals surface area contributed by atoms with Crippen molar-refractivity contribution >= 4 is 33.0 Å². The molecular weight excluding hydrogens is 315 g/mol. The topological polar surface area (TPSA) is 66.5 Å². The second-order valence-electron chi connectivity index (χ2n) is 4.22. The number of halogens is 1. The van der Waals surface area contributed by atoms with Gasteiger partial charge in [-0.05, 0) is 23.6 Å². The Morgan fingerprint density at radius 3 is 2.62 bits per heavy atom. The minimum atomic E-state index is -3.70. The highest BCUT2D eigenvalue weighted by Crippen LogP contribution is 2.19. The van der Waals surface area contributed by atoms with Crippen LogP contribution < -0.4 is 5.32 Å². The van der Waals surface area contributed by atoms with Gasteiger partial charge in [-0.2, -0.15) is 4.31 Å². The molecule has 112 valence electrons. The SMILES string of the molecule is CN(CC(=O)Nc1ccccc1F)S(=O)(=O)c1cccs1. The Morgan fingerprint density at radius 2 is 2.00 bits per heavy atom. The number of anilines is 1. The highest BCUT2D eigenvalue weighted by atomic mass is 32.2. The number of amides is 1. The number of benzene rings is 1. The summed E-state index contributed by atoms with van der Waals surface area (Å²) in [6.45, 7) is -0.394. The molecular formula is C13H13FN2O3S2. The normalized spacial score (nSPS) is 11.6. The van der Waals surface area contributed by atoms with Crippen LogP contribution in [-0.4, -0.2) is 32.2 Å². The van der Waals surface area contributed by atoms with Gasteiger partial charge in [0.1, 0.15) is 10.0 Å². The summed E-state index contributed by atoms with van der Waals surface area (Å²) < 4.78 is 38.7. The number of para-hydroxylation sites is 1. The lowest BCUT2D eigenvalue weighted by Gasteiger charge is -2.15. The summed E-state index contributed by atoms with van der Waals surface area (Å²) >= 11 is 1.07. The van der Waals surface area contributed by atoms with Gasteiger partial charge in [-0.25, -0.2) is 12.8 Å². The first-order chi connectivity index (χ1) is 9.91. The van der Waals surface area contributed by atoms with Crippen molar-refractivity contribution in [2.24, 2.45) is 0 Å². The average Bonchev–Trinajstić information content (AvgIpc) is 2.96. The number of hydrogen-bond acceptors (Lipinski definition) is 4. The first-order valence-electron chi connectivity index (χ1n) is 5.95. The molecule has 0 spiro atoms. The zero-order chi connectivity index (χ0) is 15.5. The molecule has 2 rings (SSSR count). The molecule has 0 fully saturated rings. The smallest absolute Gasteiger partial charge is 0.252 e. The number of rotatable bonds is 5. The average molecular weight is 328 g/mol. The van der Waals surface area contributed by atoms with Crippen LogP contribution in [0.15, 0.2) is 46.0 Å². The highest BCUT2D eigenvalue weighted by Gasteiger charge is 2.24. The van der Waals surface area contributed by atoms with Gasteiger partial charge in [-0.1, -0.05) is 18.2 Å². The van der Waals surface area contributed by atoms with Crippen LogP contribution in [0, 0.1) is 5.82 Å². The van der Waals surface area contributed by atoms with E-state index in [1.807, 2.05) is 0 Å². The summed E-state index contributed by atoms with van der Waals surface area (Å²) in [6, 6.07) is 8.77. The number of sulfonamides is 1. The van der Waals surface area contributed by atoms with Crippen molar-refractivity contribution in [3.63, 3.8) is 0 Å². The number of likely N-dealkylation sites (N-methyl/N-ethyl adjacent to an activating group) is 1. The predicted octanol–water partition coefficient (Wildman–Crippen LogP) is 2.15. The van der Waals surface area contributed by atoms with E-state index >= 15 is 0 Å². The summed E-state index contributed by atoms with van der Waals surface area (Å²) in [5.74, 6) is -1.18. The Labute approximate surface area is 126 Å². The van der Waals surface area contributed by atoms with Crippen LogP contribution in [0.3, 0.4) is 0 Å². The Morgan fingerprint density at radius 1 is 1.29 bits per heavy atom. The lowest BCUT2D eigenvalue weighted by atomic mass is 10.3. The maximum Gasteiger partial charge on any atom is 0.252 e. The van der Waals surface area contributed by atoms with Crippen LogP contribution in [0.4, 0.5) is 10.1 Å². The van der Waals surface area contributed by atoms with E-state index in [1.165, 1.54) is 31.3 Å². The fourth-order valence-electron chi connectivity index (χ4n) is 1.60. The van der Waals surface area contributed by atoms with Crippen LogP contribution in [0.1, 0.15) is 0 Å². The third kappa shape index (κ3) is 3.66. The van der Waals surface area contributed by atoms with Gasteiger partial charge < -0.3 is 5.32 Å². The largest absolute Gasteiger partial charge is 0.322 e. The predicted molar refractivity (Wildman–Crippen MR) is 79.2 cm³/mol. The van der Waals surface area contributed by atoms with Gasteiger partial charge in [-0.3, -0.25) is 4.79 Å². The second-order valence-corrected chi connectivity index (χ2v) is 7.44. The van der Waals surface area contributed by atoms with E-state index in [0.717, 1.165) is 15.6 Å². The minimum Gasteiger partial charge on any atom is -0.322 e. The van der Waals surface area contributed by atoms with Gasteiger partial charge >= 0.3 is 0 Å². The van der Waals surface area contributed by atoms with E-state index in [2.05, 4.69) is 5.32 Å². The van der Waals surface area contributed by atoms with E-state index in [4.69, 9.17) is 0 Å². The molecule has 1 aromatic carbocycles. The molecule has 0 aliphatic heterocycles. The number of hydrogen-bond donors (Lipinski definition) is 1. The molecule has 1 aromatic heterocycles. The fourth-order valence-corrected chi connectivity index (χ4v) is 3.93. The molecule has 1 N–H and O–H groups in total. The van der Waals surface area contributed by atoms with Crippen molar-refractivity contribution in [1.82, 2.24) is 4.31 Å². The number of carbonyl (C=O) groups excluding carboxylic acids is 1. The lowest BCUT2D eigenvalue weighted by molar-refractivity contribution is -0.116. The Bertz CT molecular complexity index is 730. The van der Waals surface area contributed by atoms with Gasteiger partial charge in [-0.15, -0.1) is 11.3 Å². The van der Waals surface area contributed by atoms with E-state index < -0.39 is 28.3 Å². The van der Waals surface area contributed by atoms with Crippen molar-refractivity contribution in [2.45, 2.75) is 4.21 Å². The van der Waals surface area contributed by atoms with E-state index in [-0.39, 0.29) is 9.90 Å². The fraction of sp³-hybridized carbons (Fsp3) is 0.154. The molecule has 0 radical (unpaired) electrons. The summed E-state index contributed by atoms with van der Waals surface area (Å²) in [6.07, 6.45) is 0. The molecule has 2 aromatic rings. The van der Waals surface area contributed by atoms with Crippen LogP contribution in [0.2, 0.25) is 0 Å². The van der Waals surface area contributed by atoms with Gasteiger partial charge in [0, 0.05) is 7.05 Å². The van der Waals surface area contributed by atoms with Gasteiger partial charge in [0.15, 0.2) is 0 Å². The van der Waals surface area contributed by atoms with Crippen molar-refractivity contribution in [3.8, 4) is 0 Å². The van der Waals surface area contributed by atoms with Crippen LogP contribution in [-0.2, 0) is 14.8 Å². The van der Waals surface area contributed by atoms with Crippen molar-refractivity contribution in [3.05, 3.63) is 47.6 Å². The van der Waals surface area contributed by atoms with E-state index in [1.54, 1.807) is 17.5 Å². The molecule has 1 amide bonds. The van der Waals surface area contributed by atoms with Crippen molar-refractivity contribution in [1.29, 1.82) is 0 Å². The van der Waals surface area contributed by atoms with Crippen LogP contribution >= 0.6 is 11.3 Å². The molecule has 0 bridgehead atoms. The first kappa shape index (κ1) is 15.6. The number of carbonyl (C=O) groups is 1. The molecule has 21 heavy (non-hydrogen) atoms. The summed E-state index contributed by atoms with van der Waals surface area (Å²) in [7, 11) is -2.39. The number of nitrogens with one attached hydrogen (secondary N) is 1. The molecule has 1 heterocycles. The van der Waals surface area contributed by atoms with Gasteiger partial charge in [0.25, 0.3) is 10.0 Å². The molecule has 0 aliphatic rings. The zero-order valence-corrected chi connectivity index (χ0v) is 12.7. The van der Waals surface area contributed by atoms with Crippen LogP contribution in [0.25, 0.3) is 0 Å². The van der Waals surface area contributed by atoms with E-state index in [9.17, 15) is 17.6 Å². The van der Waals surface area contributed by atoms with Crippen molar-refractivity contribution in [2.75, 3.05) is 18.9 Å². The maximum absolute atomic E-state index is 13.4. The monoisotopic (exact) mass is 328 g/mol. The summed E-state index contributed by atoms with van der Waals surface area (Å²) in [5, 5.41) is 3.98. The summed E-state index contributed by atoms with van der Waals surface area (Å²) in [5.41, 5.74) is 0.0180. The Kier molecular flexibility index (Phi) is 4.71. The van der Waals surface area contributed by atoms with Crippen LogP contribution in [0.5, 0.6) is 0 Å². The van der Waals surface area contributed by atoms with Gasteiger partial charge in [0.2, 0.25) is 5.91 Å². The highest BCUT2D eigenvalue weighted by molar-refractivity contribution is 7.91. The van der Waals surface area contributed by atoms with Crippen molar-refractivity contribution < 1.29 is 17.6 Å². The molecule has 0 unspecified atom stereocenters.